The van der Waals surface area contributed by atoms with E-state index < -0.39 is 0 Å². The third-order valence-corrected chi connectivity index (χ3v) is 4.15. The molecule has 2 fully saturated rings. The molecular weight excluding hydrogens is 172 g/mol. The second kappa shape index (κ2) is 4.63. The monoisotopic (exact) mass is 196 g/mol. The van der Waals surface area contributed by atoms with E-state index in [1.807, 2.05) is 0 Å². The number of likely N-dealkylation sites (tertiary alicyclic amines) is 1. The van der Waals surface area contributed by atoms with Crippen LogP contribution in [0.2, 0.25) is 0 Å². The highest BCUT2D eigenvalue weighted by molar-refractivity contribution is 4.87. The molecule has 3 unspecified atom stereocenters. The Morgan fingerprint density at radius 1 is 1.36 bits per heavy atom. The fraction of sp³-hybridized carbons (Fsp3) is 1.00. The predicted octanol–water partition coefficient (Wildman–Crippen LogP) is 1.72. The van der Waals surface area contributed by atoms with Gasteiger partial charge in [0.2, 0.25) is 0 Å². The van der Waals surface area contributed by atoms with Crippen LogP contribution in [0.3, 0.4) is 0 Å². The molecule has 0 bridgehead atoms. The molecular formula is C12H24N2. The number of rotatable bonds is 2. The third kappa shape index (κ3) is 2.12. The van der Waals surface area contributed by atoms with Crippen LogP contribution in [0.15, 0.2) is 0 Å². The molecule has 0 saturated carbocycles. The molecule has 2 nitrogen and oxygen atoms in total. The average molecular weight is 196 g/mol. The van der Waals surface area contributed by atoms with E-state index in [4.69, 9.17) is 0 Å². The van der Waals surface area contributed by atoms with Crippen molar-refractivity contribution >= 4 is 0 Å². The van der Waals surface area contributed by atoms with E-state index >= 15 is 0 Å². The molecule has 0 aromatic carbocycles. The van der Waals surface area contributed by atoms with Gasteiger partial charge in [-0.3, -0.25) is 4.90 Å². The Balaban J connectivity index is 1.88. The number of nitrogens with one attached hydrogen (secondary N) is 1. The van der Waals surface area contributed by atoms with E-state index in [0.717, 1.165) is 17.9 Å². The number of hydrogen-bond donors (Lipinski definition) is 1. The highest BCUT2D eigenvalue weighted by Crippen LogP contribution is 2.26. The summed E-state index contributed by atoms with van der Waals surface area (Å²) in [6.45, 7) is 9.89. The molecule has 0 aromatic rings. The molecule has 2 saturated heterocycles. The van der Waals surface area contributed by atoms with Crippen molar-refractivity contribution in [1.82, 2.24) is 10.2 Å². The van der Waals surface area contributed by atoms with Crippen molar-refractivity contribution in [2.75, 3.05) is 26.2 Å². The summed E-state index contributed by atoms with van der Waals surface area (Å²) < 4.78 is 0. The lowest BCUT2D eigenvalue weighted by molar-refractivity contribution is 0.145. The summed E-state index contributed by atoms with van der Waals surface area (Å²) in [6.07, 6.45) is 4.16. The van der Waals surface area contributed by atoms with Gasteiger partial charge in [-0.05, 0) is 37.8 Å². The molecule has 2 aliphatic heterocycles. The topological polar surface area (TPSA) is 15.3 Å². The SMILES string of the molecule is CCC1CCN(C2CNCCC2C)C1. The second-order valence-electron chi connectivity index (χ2n) is 5.10. The molecule has 2 rings (SSSR count). The molecule has 0 radical (unpaired) electrons. The molecule has 14 heavy (non-hydrogen) atoms. The van der Waals surface area contributed by atoms with Gasteiger partial charge in [0.1, 0.15) is 0 Å². The molecule has 0 aliphatic carbocycles. The maximum atomic E-state index is 3.53. The van der Waals surface area contributed by atoms with E-state index in [2.05, 4.69) is 24.1 Å². The lowest BCUT2D eigenvalue weighted by Crippen LogP contribution is -2.49. The molecule has 0 aromatic heterocycles. The first-order valence-corrected chi connectivity index (χ1v) is 6.26. The summed E-state index contributed by atoms with van der Waals surface area (Å²) in [4.78, 5) is 2.73. The Hall–Kier alpha value is -0.0800. The second-order valence-corrected chi connectivity index (χ2v) is 5.10. The van der Waals surface area contributed by atoms with E-state index in [0.29, 0.717) is 0 Å². The molecule has 1 N–H and O–H groups in total. The van der Waals surface area contributed by atoms with E-state index in [1.165, 1.54) is 45.4 Å². The van der Waals surface area contributed by atoms with Crippen LogP contribution in [0.1, 0.15) is 33.1 Å². The molecule has 82 valence electrons. The van der Waals surface area contributed by atoms with E-state index in [-0.39, 0.29) is 0 Å². The van der Waals surface area contributed by atoms with Crippen LogP contribution in [0.25, 0.3) is 0 Å². The van der Waals surface area contributed by atoms with Gasteiger partial charge in [-0.1, -0.05) is 20.3 Å². The molecule has 2 heterocycles. The van der Waals surface area contributed by atoms with E-state index in [9.17, 15) is 0 Å². The van der Waals surface area contributed by atoms with Gasteiger partial charge < -0.3 is 5.32 Å². The minimum Gasteiger partial charge on any atom is -0.315 e. The zero-order valence-corrected chi connectivity index (χ0v) is 9.63. The Morgan fingerprint density at radius 3 is 2.86 bits per heavy atom. The first-order valence-electron chi connectivity index (χ1n) is 6.26. The maximum absolute atomic E-state index is 3.53. The molecule has 0 spiro atoms. The maximum Gasteiger partial charge on any atom is 0.0246 e. The lowest BCUT2D eigenvalue weighted by Gasteiger charge is -2.36. The molecule has 2 aliphatic rings. The first kappa shape index (κ1) is 10.4. The van der Waals surface area contributed by atoms with Gasteiger partial charge in [-0.2, -0.15) is 0 Å². The standard InChI is InChI=1S/C12H24N2/c1-3-11-5-7-14(9-11)12-8-13-6-4-10(12)2/h10-13H,3-9H2,1-2H3. The zero-order chi connectivity index (χ0) is 9.97. The summed E-state index contributed by atoms with van der Waals surface area (Å²) in [7, 11) is 0. The fourth-order valence-corrected chi connectivity index (χ4v) is 2.96. The zero-order valence-electron chi connectivity index (χ0n) is 9.63. The van der Waals surface area contributed by atoms with Gasteiger partial charge in [0.05, 0.1) is 0 Å². The van der Waals surface area contributed by atoms with Crippen LogP contribution < -0.4 is 5.32 Å². The lowest BCUT2D eigenvalue weighted by atomic mass is 9.93. The van der Waals surface area contributed by atoms with Crippen LogP contribution in [-0.4, -0.2) is 37.1 Å². The quantitative estimate of drug-likeness (QED) is 0.723. The summed E-state index contributed by atoms with van der Waals surface area (Å²) in [5.74, 6) is 1.87. The van der Waals surface area contributed by atoms with Crippen molar-refractivity contribution in [3.8, 4) is 0 Å². The largest absolute Gasteiger partial charge is 0.315 e. The Kier molecular flexibility index (Phi) is 3.45. The van der Waals surface area contributed by atoms with Gasteiger partial charge >= 0.3 is 0 Å². The van der Waals surface area contributed by atoms with Crippen LogP contribution in [0.5, 0.6) is 0 Å². The summed E-state index contributed by atoms with van der Waals surface area (Å²) in [5, 5.41) is 3.53. The Bertz CT molecular complexity index is 181. The highest BCUT2D eigenvalue weighted by Gasteiger charge is 2.31. The van der Waals surface area contributed by atoms with Crippen molar-refractivity contribution < 1.29 is 0 Å². The molecule has 0 amide bonds. The van der Waals surface area contributed by atoms with Crippen molar-refractivity contribution in [3.05, 3.63) is 0 Å². The van der Waals surface area contributed by atoms with Crippen molar-refractivity contribution in [1.29, 1.82) is 0 Å². The van der Waals surface area contributed by atoms with Gasteiger partial charge in [-0.15, -0.1) is 0 Å². The Morgan fingerprint density at radius 2 is 2.21 bits per heavy atom. The predicted molar refractivity (Wildman–Crippen MR) is 60.4 cm³/mol. The smallest absolute Gasteiger partial charge is 0.0246 e. The average Bonchev–Trinajstić information content (AvgIpc) is 2.67. The minimum atomic E-state index is 0.820. The summed E-state index contributed by atoms with van der Waals surface area (Å²) in [6, 6.07) is 0.820. The van der Waals surface area contributed by atoms with Crippen LogP contribution in [0, 0.1) is 11.8 Å². The molecule has 3 atom stereocenters. The fourth-order valence-electron chi connectivity index (χ4n) is 2.96. The number of hydrogen-bond acceptors (Lipinski definition) is 2. The van der Waals surface area contributed by atoms with Crippen LogP contribution in [0.4, 0.5) is 0 Å². The summed E-state index contributed by atoms with van der Waals surface area (Å²) >= 11 is 0. The third-order valence-electron chi connectivity index (χ3n) is 4.15. The number of piperidine rings is 1. The van der Waals surface area contributed by atoms with E-state index in [1.54, 1.807) is 0 Å². The van der Waals surface area contributed by atoms with Gasteiger partial charge in [0.25, 0.3) is 0 Å². The van der Waals surface area contributed by atoms with Crippen molar-refractivity contribution in [3.63, 3.8) is 0 Å². The van der Waals surface area contributed by atoms with Crippen molar-refractivity contribution in [2.24, 2.45) is 11.8 Å². The first-order chi connectivity index (χ1) is 6.81. The number of nitrogens with zero attached hydrogens (tertiary/aromatic N) is 1. The summed E-state index contributed by atoms with van der Waals surface area (Å²) in [5.41, 5.74) is 0. The van der Waals surface area contributed by atoms with Gasteiger partial charge in [0, 0.05) is 19.1 Å². The molecule has 2 heteroatoms. The van der Waals surface area contributed by atoms with Gasteiger partial charge in [0.15, 0.2) is 0 Å². The Labute approximate surface area is 88.1 Å². The van der Waals surface area contributed by atoms with Gasteiger partial charge in [-0.25, -0.2) is 0 Å². The normalized spacial score (nSPS) is 40.3. The minimum absolute atomic E-state index is 0.820. The van der Waals surface area contributed by atoms with Crippen LogP contribution in [-0.2, 0) is 0 Å². The highest BCUT2D eigenvalue weighted by atomic mass is 15.2. The van der Waals surface area contributed by atoms with Crippen LogP contribution >= 0.6 is 0 Å². The van der Waals surface area contributed by atoms with Crippen molar-refractivity contribution in [2.45, 2.75) is 39.2 Å².